The van der Waals surface area contributed by atoms with Crippen molar-refractivity contribution in [3.63, 3.8) is 0 Å². The molecule has 4 rings (SSSR count). The van der Waals surface area contributed by atoms with Gasteiger partial charge in [0.2, 0.25) is 0 Å². The van der Waals surface area contributed by atoms with Crippen molar-refractivity contribution in [2.24, 2.45) is 11.3 Å². The van der Waals surface area contributed by atoms with Crippen LogP contribution in [0.25, 0.3) is 10.1 Å². The quantitative estimate of drug-likeness (QED) is 0.925. The third kappa shape index (κ3) is 1.88. The second-order valence-electron chi connectivity index (χ2n) is 6.41. The first-order valence-corrected chi connectivity index (χ1v) is 8.48. The molecule has 0 unspecified atom stereocenters. The van der Waals surface area contributed by atoms with Crippen molar-refractivity contribution in [1.82, 2.24) is 4.90 Å². The molecule has 2 fully saturated rings. The monoisotopic (exact) mass is 315 g/mol. The average Bonchev–Trinajstić information content (AvgIpc) is 3.18. The fraction of sp³-hybridized carbons (Fsp3) is 0.412. The summed E-state index contributed by atoms with van der Waals surface area (Å²) in [4.78, 5) is 26.2. The summed E-state index contributed by atoms with van der Waals surface area (Å²) in [6.07, 6.45) is 2.57. The third-order valence-corrected chi connectivity index (χ3v) is 6.18. The zero-order valence-corrected chi connectivity index (χ0v) is 12.9. The van der Waals surface area contributed by atoms with Gasteiger partial charge in [-0.05, 0) is 53.8 Å². The van der Waals surface area contributed by atoms with Crippen molar-refractivity contribution in [3.05, 3.63) is 35.2 Å². The number of hydrogen-bond donors (Lipinski definition) is 1. The molecule has 1 amide bonds. The van der Waals surface area contributed by atoms with Crippen molar-refractivity contribution in [3.8, 4) is 0 Å². The highest BCUT2D eigenvalue weighted by atomic mass is 32.1. The van der Waals surface area contributed by atoms with Gasteiger partial charge in [0.1, 0.15) is 0 Å². The molecule has 22 heavy (non-hydrogen) atoms. The van der Waals surface area contributed by atoms with Crippen molar-refractivity contribution >= 4 is 33.3 Å². The Morgan fingerprint density at radius 3 is 2.95 bits per heavy atom. The Morgan fingerprint density at radius 1 is 1.32 bits per heavy atom. The van der Waals surface area contributed by atoms with E-state index in [-0.39, 0.29) is 11.8 Å². The maximum atomic E-state index is 12.7. The second-order valence-corrected chi connectivity index (χ2v) is 7.36. The molecule has 0 bridgehead atoms. The van der Waals surface area contributed by atoms with Gasteiger partial charge in [-0.2, -0.15) is 0 Å². The fourth-order valence-electron chi connectivity index (χ4n) is 4.08. The van der Waals surface area contributed by atoms with Gasteiger partial charge in [0.25, 0.3) is 5.91 Å². The minimum atomic E-state index is -0.737. The summed E-state index contributed by atoms with van der Waals surface area (Å²) in [5.41, 5.74) is -0.0475. The highest BCUT2D eigenvalue weighted by molar-refractivity contribution is 7.17. The van der Waals surface area contributed by atoms with Gasteiger partial charge in [-0.1, -0.05) is 6.42 Å². The number of hydrogen-bond acceptors (Lipinski definition) is 3. The van der Waals surface area contributed by atoms with Crippen LogP contribution < -0.4 is 0 Å². The Morgan fingerprint density at radius 2 is 2.18 bits per heavy atom. The predicted octanol–water partition coefficient (Wildman–Crippen LogP) is 3.23. The van der Waals surface area contributed by atoms with Crippen LogP contribution in [0, 0.1) is 11.3 Å². The summed E-state index contributed by atoms with van der Waals surface area (Å²) >= 11 is 1.65. The largest absolute Gasteiger partial charge is 0.481 e. The van der Waals surface area contributed by atoms with E-state index in [0.29, 0.717) is 25.1 Å². The number of likely N-dealkylation sites (tertiary alicyclic amines) is 1. The number of benzene rings is 1. The Hall–Kier alpha value is -1.88. The molecule has 1 aliphatic carbocycles. The Bertz CT molecular complexity index is 768. The molecule has 2 atom stereocenters. The van der Waals surface area contributed by atoms with Crippen LogP contribution in [0.1, 0.15) is 29.6 Å². The van der Waals surface area contributed by atoms with E-state index in [1.54, 1.807) is 16.2 Å². The molecule has 114 valence electrons. The van der Waals surface area contributed by atoms with Crippen LogP contribution in [0.2, 0.25) is 0 Å². The van der Waals surface area contributed by atoms with Crippen molar-refractivity contribution in [2.45, 2.75) is 19.3 Å². The first kappa shape index (κ1) is 13.8. The number of thiophene rings is 1. The molecule has 1 saturated carbocycles. The summed E-state index contributed by atoms with van der Waals surface area (Å²) in [5, 5.41) is 12.7. The Labute approximate surface area is 132 Å². The molecule has 1 N–H and O–H groups in total. The van der Waals surface area contributed by atoms with E-state index in [1.807, 2.05) is 29.6 Å². The lowest BCUT2D eigenvalue weighted by Crippen LogP contribution is -2.37. The van der Waals surface area contributed by atoms with Gasteiger partial charge in [-0.15, -0.1) is 11.3 Å². The number of nitrogens with zero attached hydrogens (tertiary/aromatic N) is 1. The van der Waals surface area contributed by atoms with Crippen LogP contribution in [0.4, 0.5) is 0 Å². The van der Waals surface area contributed by atoms with E-state index < -0.39 is 11.4 Å². The smallest absolute Gasteiger partial charge is 0.311 e. The number of aliphatic carboxylic acids is 1. The van der Waals surface area contributed by atoms with Gasteiger partial charge < -0.3 is 10.0 Å². The van der Waals surface area contributed by atoms with Crippen LogP contribution >= 0.6 is 11.3 Å². The van der Waals surface area contributed by atoms with Gasteiger partial charge in [-0.25, -0.2) is 0 Å². The van der Waals surface area contributed by atoms with Gasteiger partial charge in [0.05, 0.1) is 5.41 Å². The van der Waals surface area contributed by atoms with Crippen molar-refractivity contribution < 1.29 is 14.7 Å². The van der Waals surface area contributed by atoms with Crippen LogP contribution in [-0.4, -0.2) is 35.0 Å². The van der Waals surface area contributed by atoms with Gasteiger partial charge >= 0.3 is 5.97 Å². The normalized spacial score (nSPS) is 27.3. The number of carbonyl (C=O) groups excluding carboxylic acids is 1. The third-order valence-electron chi connectivity index (χ3n) is 5.28. The van der Waals surface area contributed by atoms with Crippen molar-refractivity contribution in [1.29, 1.82) is 0 Å². The molecular weight excluding hydrogens is 298 g/mol. The molecule has 0 spiro atoms. The van der Waals surface area contributed by atoms with E-state index in [2.05, 4.69) is 0 Å². The Kier molecular flexibility index (Phi) is 3.01. The summed E-state index contributed by atoms with van der Waals surface area (Å²) in [5.74, 6) is -0.666. The molecule has 2 aliphatic rings. The maximum Gasteiger partial charge on any atom is 0.311 e. The lowest BCUT2D eigenvalue weighted by atomic mass is 9.81. The molecule has 0 radical (unpaired) electrons. The molecule has 5 heteroatoms. The maximum absolute atomic E-state index is 12.7. The number of carboxylic acids is 1. The SMILES string of the molecule is O=C(c1ccc2sccc2c1)N1C[C@@H]2CCC[C@@]2(C(=O)O)C1. The van der Waals surface area contributed by atoms with Gasteiger partial charge in [0, 0.05) is 23.4 Å². The number of carbonyl (C=O) groups is 2. The fourth-order valence-corrected chi connectivity index (χ4v) is 4.85. The molecule has 1 aromatic heterocycles. The highest BCUT2D eigenvalue weighted by Gasteiger charge is 2.55. The number of carboxylic acid groups (broad SMARTS) is 1. The van der Waals surface area contributed by atoms with Crippen molar-refractivity contribution in [2.75, 3.05) is 13.1 Å². The summed E-state index contributed by atoms with van der Waals surface area (Å²) < 4.78 is 1.16. The minimum Gasteiger partial charge on any atom is -0.481 e. The van der Waals surface area contributed by atoms with E-state index in [0.717, 1.165) is 22.9 Å². The predicted molar refractivity (Wildman–Crippen MR) is 85.1 cm³/mol. The molecule has 1 aliphatic heterocycles. The summed E-state index contributed by atoms with van der Waals surface area (Å²) in [6.45, 7) is 0.931. The highest BCUT2D eigenvalue weighted by Crippen LogP contribution is 2.49. The lowest BCUT2D eigenvalue weighted by Gasteiger charge is -2.23. The zero-order chi connectivity index (χ0) is 15.3. The van der Waals surface area contributed by atoms with E-state index >= 15 is 0 Å². The average molecular weight is 315 g/mol. The molecule has 2 aromatic rings. The zero-order valence-electron chi connectivity index (χ0n) is 12.1. The molecule has 2 heterocycles. The van der Waals surface area contributed by atoms with Crippen LogP contribution in [-0.2, 0) is 4.79 Å². The van der Waals surface area contributed by atoms with Crippen LogP contribution in [0.15, 0.2) is 29.6 Å². The number of fused-ring (bicyclic) bond motifs is 2. The molecule has 1 saturated heterocycles. The molecular formula is C17H17NO3S. The van der Waals surface area contributed by atoms with Crippen LogP contribution in [0.5, 0.6) is 0 Å². The topological polar surface area (TPSA) is 57.6 Å². The number of amides is 1. The first-order chi connectivity index (χ1) is 10.6. The second kappa shape index (κ2) is 4.81. The van der Waals surface area contributed by atoms with Crippen LogP contribution in [0.3, 0.4) is 0 Å². The lowest BCUT2D eigenvalue weighted by molar-refractivity contribution is -0.149. The number of rotatable bonds is 2. The first-order valence-electron chi connectivity index (χ1n) is 7.60. The van der Waals surface area contributed by atoms with Gasteiger partial charge in [-0.3, -0.25) is 9.59 Å². The van der Waals surface area contributed by atoms with E-state index in [1.165, 1.54) is 0 Å². The standard InChI is InChI=1S/C17H17NO3S/c19-15(12-3-4-14-11(8-12)5-7-22-14)18-9-13-2-1-6-17(13,10-18)16(20)21/h3-5,7-8,13H,1-2,6,9-10H2,(H,20,21)/t13-,17+/m0/s1. The van der Waals surface area contributed by atoms with E-state index in [9.17, 15) is 14.7 Å². The Balaban J connectivity index is 1.62. The summed E-state index contributed by atoms with van der Waals surface area (Å²) in [7, 11) is 0. The molecule has 1 aromatic carbocycles. The van der Waals surface area contributed by atoms with Gasteiger partial charge in [0.15, 0.2) is 0 Å². The van der Waals surface area contributed by atoms with E-state index in [4.69, 9.17) is 0 Å². The summed E-state index contributed by atoms with van der Waals surface area (Å²) in [6, 6.07) is 7.74. The minimum absolute atomic E-state index is 0.0388. The molecule has 4 nitrogen and oxygen atoms in total.